The van der Waals surface area contributed by atoms with Crippen molar-refractivity contribution in [3.05, 3.63) is 75.3 Å². The molecule has 4 nitrogen and oxygen atoms in total. The largest absolute Gasteiger partial charge is 0.426 e. The van der Waals surface area contributed by atoms with Crippen LogP contribution in [0.3, 0.4) is 0 Å². The summed E-state index contributed by atoms with van der Waals surface area (Å²) in [6.07, 6.45) is -10.5. The van der Waals surface area contributed by atoms with Crippen LogP contribution in [0.25, 0.3) is 0 Å². The number of halogens is 6. The number of benzene rings is 2. The third-order valence-corrected chi connectivity index (χ3v) is 3.51. The minimum absolute atomic E-state index is 0.115. The van der Waals surface area contributed by atoms with Gasteiger partial charge in [0.2, 0.25) is 5.60 Å². The van der Waals surface area contributed by atoms with Gasteiger partial charge in [-0.15, -0.1) is 0 Å². The molecule has 0 saturated heterocycles. The van der Waals surface area contributed by atoms with Crippen LogP contribution in [0.1, 0.15) is 16.7 Å². The fourth-order valence-corrected chi connectivity index (χ4v) is 2.33. The van der Waals surface area contributed by atoms with Gasteiger partial charge in [-0.1, -0.05) is 24.3 Å². The second-order valence-electron chi connectivity index (χ2n) is 5.06. The topological polar surface area (TPSA) is 63.4 Å². The zero-order valence-corrected chi connectivity index (χ0v) is 12.1. The van der Waals surface area contributed by atoms with Crippen LogP contribution in [-0.2, 0) is 11.8 Å². The molecule has 0 aromatic heterocycles. The van der Waals surface area contributed by atoms with Gasteiger partial charge in [0.1, 0.15) is 0 Å². The summed E-state index contributed by atoms with van der Waals surface area (Å²) >= 11 is 0. The molecule has 0 heterocycles. The number of nitro groups is 1. The van der Waals surface area contributed by atoms with Gasteiger partial charge < -0.3 is 5.11 Å². The van der Waals surface area contributed by atoms with Crippen molar-refractivity contribution in [1.29, 1.82) is 0 Å². The molecule has 10 heteroatoms. The molecule has 0 amide bonds. The molecule has 0 fully saturated rings. The van der Waals surface area contributed by atoms with Crippen LogP contribution in [0.5, 0.6) is 0 Å². The SMILES string of the molecule is O=[N+]([O-])c1ccccc1C(O)(c1cccc(C(F)(F)F)c1)C(F)(F)F. The maximum absolute atomic E-state index is 13.6. The van der Waals surface area contributed by atoms with Crippen molar-refractivity contribution in [3.8, 4) is 0 Å². The zero-order chi connectivity index (χ0) is 19.0. The van der Waals surface area contributed by atoms with Crippen LogP contribution in [0, 0.1) is 10.1 Å². The molecular formula is C15H9F6NO3. The van der Waals surface area contributed by atoms with Crippen molar-refractivity contribution in [2.24, 2.45) is 0 Å². The van der Waals surface area contributed by atoms with Crippen molar-refractivity contribution in [3.63, 3.8) is 0 Å². The maximum atomic E-state index is 13.6. The molecule has 2 rings (SSSR count). The van der Waals surface area contributed by atoms with Crippen LogP contribution in [0.4, 0.5) is 32.0 Å². The van der Waals surface area contributed by atoms with E-state index in [1.54, 1.807) is 0 Å². The summed E-state index contributed by atoms with van der Waals surface area (Å²) in [7, 11) is 0. The van der Waals surface area contributed by atoms with Gasteiger partial charge in [0.05, 0.1) is 16.1 Å². The Morgan fingerprint density at radius 1 is 0.880 bits per heavy atom. The Kier molecular flexibility index (Phi) is 4.51. The maximum Gasteiger partial charge on any atom is 0.426 e. The Morgan fingerprint density at radius 3 is 1.96 bits per heavy atom. The molecule has 0 radical (unpaired) electrons. The molecule has 0 spiro atoms. The van der Waals surface area contributed by atoms with E-state index in [1.165, 1.54) is 0 Å². The summed E-state index contributed by atoms with van der Waals surface area (Å²) in [5, 5.41) is 21.3. The molecule has 2 aromatic carbocycles. The number of hydrogen-bond acceptors (Lipinski definition) is 3. The van der Waals surface area contributed by atoms with Gasteiger partial charge in [0.25, 0.3) is 5.69 Å². The summed E-state index contributed by atoms with van der Waals surface area (Å²) in [5.41, 5.74) is -8.83. The second kappa shape index (κ2) is 6.03. The first kappa shape index (κ1) is 18.7. The Hall–Kier alpha value is -2.62. The lowest BCUT2D eigenvalue weighted by Gasteiger charge is -2.31. The number of para-hydroxylation sites is 1. The summed E-state index contributed by atoms with van der Waals surface area (Å²) in [4.78, 5) is 9.85. The standard InChI is InChI=1S/C15H9F6NO3/c16-14(17,18)10-5-3-4-9(8-10)13(23,15(19,20)21)11-6-1-2-7-12(11)22(24)25/h1-8,23H. The van der Waals surface area contributed by atoms with Crippen molar-refractivity contribution in [2.45, 2.75) is 18.0 Å². The zero-order valence-electron chi connectivity index (χ0n) is 12.1. The molecule has 0 aliphatic rings. The fraction of sp³-hybridized carbons (Fsp3) is 0.200. The lowest BCUT2D eigenvalue weighted by molar-refractivity contribution is -0.388. The molecule has 0 aliphatic heterocycles. The quantitative estimate of drug-likeness (QED) is 0.498. The van der Waals surface area contributed by atoms with E-state index in [-0.39, 0.29) is 6.07 Å². The van der Waals surface area contributed by atoms with Crippen LogP contribution < -0.4 is 0 Å². The number of rotatable bonds is 3. The van der Waals surface area contributed by atoms with Crippen molar-refractivity contribution in [1.82, 2.24) is 0 Å². The Labute approximate surface area is 136 Å². The molecule has 1 atom stereocenters. The lowest BCUT2D eigenvalue weighted by atomic mass is 9.84. The Bertz CT molecular complexity index is 802. The first-order valence-corrected chi connectivity index (χ1v) is 6.59. The lowest BCUT2D eigenvalue weighted by Crippen LogP contribution is -2.44. The summed E-state index contributed by atoms with van der Waals surface area (Å²) in [5.74, 6) is 0. The summed E-state index contributed by atoms with van der Waals surface area (Å²) in [6, 6.07) is 5.40. The van der Waals surface area contributed by atoms with E-state index in [9.17, 15) is 41.6 Å². The fourth-order valence-electron chi connectivity index (χ4n) is 2.33. The molecule has 2 aromatic rings. The first-order chi connectivity index (χ1) is 11.4. The van der Waals surface area contributed by atoms with E-state index in [0.717, 1.165) is 18.2 Å². The van der Waals surface area contributed by atoms with Gasteiger partial charge in [-0.25, -0.2) is 0 Å². The van der Waals surface area contributed by atoms with Gasteiger partial charge in [-0.3, -0.25) is 10.1 Å². The van der Waals surface area contributed by atoms with Gasteiger partial charge in [-0.2, -0.15) is 26.3 Å². The van der Waals surface area contributed by atoms with Crippen molar-refractivity contribution in [2.75, 3.05) is 0 Å². The predicted molar refractivity (Wildman–Crippen MR) is 73.6 cm³/mol. The second-order valence-corrected chi connectivity index (χ2v) is 5.06. The summed E-state index contributed by atoms with van der Waals surface area (Å²) < 4.78 is 79.2. The molecule has 1 N–H and O–H groups in total. The highest BCUT2D eigenvalue weighted by Crippen LogP contribution is 2.47. The van der Waals surface area contributed by atoms with E-state index < -0.39 is 45.3 Å². The minimum Gasteiger partial charge on any atom is -0.372 e. The smallest absolute Gasteiger partial charge is 0.372 e. The van der Waals surface area contributed by atoms with Crippen molar-refractivity contribution >= 4 is 5.69 Å². The predicted octanol–water partition coefficient (Wildman–Crippen LogP) is 4.41. The van der Waals surface area contributed by atoms with E-state index in [4.69, 9.17) is 0 Å². The van der Waals surface area contributed by atoms with Gasteiger partial charge in [0, 0.05) is 6.07 Å². The Balaban J connectivity index is 2.81. The Morgan fingerprint density at radius 2 is 1.44 bits per heavy atom. The van der Waals surface area contributed by atoms with Crippen LogP contribution >= 0.6 is 0 Å². The molecule has 0 saturated carbocycles. The monoisotopic (exact) mass is 365 g/mol. The highest BCUT2D eigenvalue weighted by molar-refractivity contribution is 5.50. The molecular weight excluding hydrogens is 356 g/mol. The highest BCUT2D eigenvalue weighted by Gasteiger charge is 2.59. The van der Waals surface area contributed by atoms with Crippen LogP contribution in [0.15, 0.2) is 48.5 Å². The number of aliphatic hydroxyl groups is 1. The van der Waals surface area contributed by atoms with Gasteiger partial charge in [-0.05, 0) is 23.8 Å². The molecule has 1 unspecified atom stereocenters. The highest BCUT2D eigenvalue weighted by atomic mass is 19.4. The average molecular weight is 365 g/mol. The number of hydrogen-bond donors (Lipinski definition) is 1. The molecule has 25 heavy (non-hydrogen) atoms. The first-order valence-electron chi connectivity index (χ1n) is 6.59. The number of nitro benzene ring substituents is 1. The van der Waals surface area contributed by atoms with Crippen LogP contribution in [0.2, 0.25) is 0 Å². The van der Waals surface area contributed by atoms with Gasteiger partial charge >= 0.3 is 12.4 Å². The van der Waals surface area contributed by atoms with E-state index >= 15 is 0 Å². The van der Waals surface area contributed by atoms with Crippen LogP contribution in [-0.4, -0.2) is 16.2 Å². The average Bonchev–Trinajstić information content (AvgIpc) is 2.52. The van der Waals surface area contributed by atoms with Gasteiger partial charge in [0.15, 0.2) is 0 Å². The third kappa shape index (κ3) is 3.29. The number of alkyl halides is 6. The van der Waals surface area contributed by atoms with E-state index in [1.807, 2.05) is 0 Å². The van der Waals surface area contributed by atoms with Crippen molar-refractivity contribution < 1.29 is 36.4 Å². The third-order valence-electron chi connectivity index (χ3n) is 3.51. The molecule has 0 bridgehead atoms. The molecule has 0 aliphatic carbocycles. The summed E-state index contributed by atoms with van der Waals surface area (Å²) in [6.45, 7) is 0. The van der Waals surface area contributed by atoms with E-state index in [2.05, 4.69) is 0 Å². The number of nitrogens with zero attached hydrogens (tertiary/aromatic N) is 1. The molecule has 134 valence electrons. The van der Waals surface area contributed by atoms with E-state index in [0.29, 0.717) is 24.3 Å². The minimum atomic E-state index is -5.51. The normalized spacial score (nSPS) is 14.8.